The van der Waals surface area contributed by atoms with Gasteiger partial charge < -0.3 is 0 Å². The number of esters is 1. The van der Waals surface area contributed by atoms with E-state index in [2.05, 4.69) is 15.0 Å². The van der Waals surface area contributed by atoms with Crippen molar-refractivity contribution in [3.8, 4) is 0 Å². The first-order valence-electron chi connectivity index (χ1n) is 8.29. The monoisotopic (exact) mass is 471 g/mol. The second-order valence-electron chi connectivity index (χ2n) is 6.53. The number of nitrogens with one attached hydrogen (secondary N) is 3. The van der Waals surface area contributed by atoms with E-state index < -0.39 is 50.8 Å². The van der Waals surface area contributed by atoms with E-state index in [1.807, 2.05) is 6.26 Å². The van der Waals surface area contributed by atoms with Crippen molar-refractivity contribution >= 4 is 49.6 Å². The number of hydrogen-bond donors (Lipinski definition) is 3. The van der Waals surface area contributed by atoms with Crippen LogP contribution in [0.15, 0.2) is 0 Å². The Morgan fingerprint density at radius 3 is 2.33 bits per heavy atom. The van der Waals surface area contributed by atoms with Gasteiger partial charge in [-0.15, -0.1) is 0 Å². The van der Waals surface area contributed by atoms with Crippen LogP contribution in [0.3, 0.4) is 0 Å². The van der Waals surface area contributed by atoms with E-state index in [0.29, 0.717) is 6.42 Å². The molecular weight excluding hydrogens is 441 g/mol. The second-order valence-corrected chi connectivity index (χ2v) is 9.40. The summed E-state index contributed by atoms with van der Waals surface area (Å²) in [4.78, 5) is 47.2. The molecule has 0 spiro atoms. The molecule has 0 aromatic rings. The summed E-state index contributed by atoms with van der Waals surface area (Å²) in [6, 6.07) is -1.40. The summed E-state index contributed by atoms with van der Waals surface area (Å²) in [6.45, 7) is 6.44. The minimum atomic E-state index is -0.850. The Bertz CT molecular complexity index is 527. The van der Waals surface area contributed by atoms with Crippen molar-refractivity contribution in [3.05, 3.63) is 0 Å². The van der Waals surface area contributed by atoms with E-state index in [-0.39, 0.29) is 11.2 Å². The molecule has 27 heavy (non-hydrogen) atoms. The minimum absolute atomic E-state index is 0.192. The van der Waals surface area contributed by atoms with Gasteiger partial charge in [0.1, 0.15) is 0 Å². The maximum absolute atomic E-state index is 12.0. The molecule has 3 N–H and O–H groups in total. The van der Waals surface area contributed by atoms with Crippen LogP contribution in [0.2, 0.25) is 0 Å². The van der Waals surface area contributed by atoms with Gasteiger partial charge in [0.15, 0.2) is 0 Å². The molecule has 0 saturated carbocycles. The third-order valence-electron chi connectivity index (χ3n) is 2.94. The molecular formula is C16H29N3O6SSe. The summed E-state index contributed by atoms with van der Waals surface area (Å²) >= 11 is 0.902. The molecule has 0 rings (SSSR count). The van der Waals surface area contributed by atoms with Gasteiger partial charge in [0.05, 0.1) is 0 Å². The molecule has 2 atom stereocenters. The molecule has 0 aliphatic carbocycles. The first-order valence-corrected chi connectivity index (χ1v) is 11.4. The van der Waals surface area contributed by atoms with Gasteiger partial charge >= 0.3 is 171 Å². The van der Waals surface area contributed by atoms with Gasteiger partial charge in [0.25, 0.3) is 0 Å². The average molecular weight is 470 g/mol. The number of thioether (sulfide) groups is 1. The SMILES string of the molecule is COC(=O)[C@H](CCSC)N[Se]C(=O)CNC(=O)[C@H](C)NC(=O)OC(C)(C)C. The van der Waals surface area contributed by atoms with Crippen molar-refractivity contribution in [2.45, 2.75) is 51.8 Å². The zero-order valence-corrected chi connectivity index (χ0v) is 19.1. The molecule has 156 valence electrons. The van der Waals surface area contributed by atoms with Crippen molar-refractivity contribution in [1.29, 1.82) is 0 Å². The number of ether oxygens (including phenoxy) is 2. The van der Waals surface area contributed by atoms with Crippen LogP contribution in [0, 0.1) is 0 Å². The number of alkyl carbamates (subject to hydrolysis) is 1. The summed E-state index contributed by atoms with van der Waals surface area (Å²) in [5.41, 5.74) is -0.670. The quantitative estimate of drug-likeness (QED) is 0.286. The molecule has 0 aromatic heterocycles. The van der Waals surface area contributed by atoms with Crippen LogP contribution >= 0.6 is 11.8 Å². The fourth-order valence-corrected chi connectivity index (χ4v) is 3.44. The maximum atomic E-state index is 12.0. The fraction of sp³-hybridized carbons (Fsp3) is 0.750. The Hall–Kier alpha value is -1.29. The number of amides is 2. The Labute approximate surface area is 170 Å². The predicted octanol–water partition coefficient (Wildman–Crippen LogP) is 0.0459. The molecule has 0 bridgehead atoms. The summed E-state index contributed by atoms with van der Waals surface area (Å²) < 4.78 is 12.4. The zero-order valence-electron chi connectivity index (χ0n) is 16.5. The molecule has 9 nitrogen and oxygen atoms in total. The Balaban J connectivity index is 4.29. The third-order valence-corrected chi connectivity index (χ3v) is 5.21. The molecule has 0 aliphatic heterocycles. The van der Waals surface area contributed by atoms with Crippen LogP contribution in [-0.4, -0.2) is 81.2 Å². The molecule has 2 amide bonds. The first-order chi connectivity index (χ1) is 12.5. The van der Waals surface area contributed by atoms with Gasteiger partial charge in [-0.3, -0.25) is 0 Å². The molecule has 0 saturated heterocycles. The summed E-state index contributed by atoms with van der Waals surface area (Å²) in [6.07, 6.45) is 1.76. The standard InChI is InChI=1S/C16H29N3O6SSe/c1-10(18-15(23)25-16(2,3)4)13(21)17-9-12(20)27-19-11(7-8-26-6)14(22)24-5/h10-11,19H,7-9H2,1-6H3,(H,17,21)(H,18,23)/t10-,11-/m0/s1. The van der Waals surface area contributed by atoms with Gasteiger partial charge in [-0.25, -0.2) is 0 Å². The van der Waals surface area contributed by atoms with E-state index in [0.717, 1.165) is 5.75 Å². The average Bonchev–Trinajstić information content (AvgIpc) is 2.57. The number of carbonyl (C=O) groups excluding carboxylic acids is 4. The fourth-order valence-electron chi connectivity index (χ4n) is 1.64. The van der Waals surface area contributed by atoms with Crippen LogP contribution in [0.5, 0.6) is 0 Å². The van der Waals surface area contributed by atoms with Crippen LogP contribution < -0.4 is 15.0 Å². The van der Waals surface area contributed by atoms with Crippen molar-refractivity contribution < 1.29 is 28.7 Å². The van der Waals surface area contributed by atoms with Crippen LogP contribution in [0.4, 0.5) is 4.79 Å². The van der Waals surface area contributed by atoms with E-state index in [1.54, 1.807) is 32.5 Å². The van der Waals surface area contributed by atoms with Gasteiger partial charge in [-0.1, -0.05) is 0 Å². The molecule has 0 aliphatic rings. The first kappa shape index (κ1) is 25.7. The Morgan fingerprint density at radius 2 is 1.81 bits per heavy atom. The van der Waals surface area contributed by atoms with Crippen LogP contribution in [0.1, 0.15) is 34.1 Å². The summed E-state index contributed by atoms with van der Waals surface area (Å²) in [5.74, 6) is -0.170. The van der Waals surface area contributed by atoms with Crippen molar-refractivity contribution in [2.75, 3.05) is 25.7 Å². The number of rotatable bonds is 11. The number of hydrogen-bond acceptors (Lipinski definition) is 8. The number of carbonyl (C=O) groups is 4. The number of methoxy groups -OCH3 is 1. The topological polar surface area (TPSA) is 123 Å². The normalized spacial score (nSPS) is 13.3. The van der Waals surface area contributed by atoms with Gasteiger partial charge in [-0.2, -0.15) is 0 Å². The summed E-state index contributed by atoms with van der Waals surface area (Å²) in [7, 11) is 1.30. The van der Waals surface area contributed by atoms with E-state index >= 15 is 0 Å². The zero-order chi connectivity index (χ0) is 21.0. The van der Waals surface area contributed by atoms with Crippen molar-refractivity contribution in [2.24, 2.45) is 0 Å². The molecule has 0 heterocycles. The van der Waals surface area contributed by atoms with Gasteiger partial charge in [0, 0.05) is 0 Å². The molecule has 0 radical (unpaired) electrons. The van der Waals surface area contributed by atoms with E-state index in [4.69, 9.17) is 9.47 Å². The van der Waals surface area contributed by atoms with Crippen molar-refractivity contribution in [3.63, 3.8) is 0 Å². The summed E-state index contributed by atoms with van der Waals surface area (Å²) in [5, 5.41) is 4.85. The molecule has 0 unspecified atom stereocenters. The Morgan fingerprint density at radius 1 is 1.19 bits per heavy atom. The van der Waals surface area contributed by atoms with Crippen LogP contribution in [0.25, 0.3) is 0 Å². The molecule has 11 heteroatoms. The van der Waals surface area contributed by atoms with E-state index in [1.165, 1.54) is 14.0 Å². The Kier molecular flexibility index (Phi) is 12.4. The third kappa shape index (κ3) is 12.7. The van der Waals surface area contributed by atoms with Crippen molar-refractivity contribution in [1.82, 2.24) is 15.0 Å². The second kappa shape index (κ2) is 13.0. The van der Waals surface area contributed by atoms with E-state index in [9.17, 15) is 19.2 Å². The predicted molar refractivity (Wildman–Crippen MR) is 105 cm³/mol. The molecule has 0 fully saturated rings. The molecule has 0 aromatic carbocycles. The van der Waals surface area contributed by atoms with Gasteiger partial charge in [-0.05, 0) is 0 Å². The van der Waals surface area contributed by atoms with Crippen LogP contribution in [-0.2, 0) is 23.9 Å². The van der Waals surface area contributed by atoms with Gasteiger partial charge in [0.2, 0.25) is 0 Å².